The van der Waals surface area contributed by atoms with Crippen LogP contribution in [0.3, 0.4) is 0 Å². The molecule has 3 N–H and O–H groups in total. The maximum atomic E-state index is 13.8. The lowest BCUT2D eigenvalue weighted by molar-refractivity contribution is 0.0944. The Morgan fingerprint density at radius 3 is 2.14 bits per heavy atom. The minimum atomic E-state index is -3.86. The normalized spacial score (nSPS) is 13.0. The molecule has 0 heterocycles. The summed E-state index contributed by atoms with van der Waals surface area (Å²) in [5, 5.41) is 6.27. The number of sulfonamides is 1. The van der Waals surface area contributed by atoms with Crippen LogP contribution in [0.1, 0.15) is 50.2 Å². The molecular formula is C38H42Cl2N4O5S. The molecule has 9 nitrogen and oxygen atoms in total. The molecule has 0 fully saturated rings. The fraction of sp³-hybridized carbons (Fsp3) is 0.316. The van der Waals surface area contributed by atoms with Crippen LogP contribution in [0.5, 0.6) is 0 Å². The van der Waals surface area contributed by atoms with Crippen LogP contribution in [-0.4, -0.2) is 57.7 Å². The van der Waals surface area contributed by atoms with Gasteiger partial charge in [0.2, 0.25) is 10.0 Å². The van der Waals surface area contributed by atoms with Crippen molar-refractivity contribution < 1.29 is 22.7 Å². The van der Waals surface area contributed by atoms with E-state index in [1.165, 1.54) is 18.2 Å². The molecular weight excluding hydrogens is 695 g/mol. The van der Waals surface area contributed by atoms with Gasteiger partial charge in [-0.25, -0.2) is 22.7 Å². The number of fused-ring (bicyclic) bond motifs is 3. The van der Waals surface area contributed by atoms with Gasteiger partial charge in [-0.2, -0.15) is 0 Å². The van der Waals surface area contributed by atoms with Gasteiger partial charge in [-0.3, -0.25) is 0 Å². The Balaban J connectivity index is 1.26. The molecule has 264 valence electrons. The molecule has 12 heteroatoms. The standard InChI is InChI=1S/C38H42Cl2N4O5S/c1-26(2)22-29(43-37(45)42-28-12-4-3-5-13-28)24-44(21-11-10-20-41-50(47,48)36-19-18-27(39)23-35(36)40)38(46)49-25-34-32-16-8-6-14-30(32)31-15-7-9-17-33(31)34/h3-9,12-19,23,26,29,34,41H,10-11,20-22,24-25H2,1-2H3,(H2,42,43,45)/t29-/m0/s1. The first-order valence-corrected chi connectivity index (χ1v) is 18.9. The van der Waals surface area contributed by atoms with Gasteiger partial charge in [0.25, 0.3) is 0 Å². The summed E-state index contributed by atoms with van der Waals surface area (Å²) >= 11 is 12.1. The van der Waals surface area contributed by atoms with Crippen molar-refractivity contribution in [3.05, 3.63) is 118 Å². The molecule has 1 aliphatic rings. The van der Waals surface area contributed by atoms with Gasteiger partial charge in [0, 0.05) is 42.3 Å². The number of anilines is 1. The van der Waals surface area contributed by atoms with Gasteiger partial charge in [-0.05, 0) is 77.8 Å². The molecule has 1 aliphatic carbocycles. The lowest BCUT2D eigenvalue weighted by Gasteiger charge is -2.29. The molecule has 0 spiro atoms. The van der Waals surface area contributed by atoms with E-state index >= 15 is 0 Å². The number of hydrogen-bond donors (Lipinski definition) is 3. The van der Waals surface area contributed by atoms with Crippen molar-refractivity contribution in [1.29, 1.82) is 0 Å². The summed E-state index contributed by atoms with van der Waals surface area (Å²) < 4.78 is 34.3. The molecule has 0 unspecified atom stereocenters. The number of para-hydroxylation sites is 1. The van der Waals surface area contributed by atoms with Gasteiger partial charge in [-0.1, -0.05) is 104 Å². The second-order valence-corrected chi connectivity index (χ2v) is 15.3. The number of halogens is 2. The summed E-state index contributed by atoms with van der Waals surface area (Å²) in [6, 6.07) is 28.9. The van der Waals surface area contributed by atoms with E-state index in [1.807, 2.05) is 42.5 Å². The molecule has 4 aromatic rings. The number of unbranched alkanes of at least 4 members (excludes halogenated alkanes) is 1. The Morgan fingerprint density at radius 2 is 1.50 bits per heavy atom. The van der Waals surface area contributed by atoms with E-state index in [0.717, 1.165) is 22.3 Å². The minimum Gasteiger partial charge on any atom is -0.448 e. The number of ether oxygens (including phenoxy) is 1. The maximum absolute atomic E-state index is 13.8. The third-order valence-electron chi connectivity index (χ3n) is 8.49. The smallest absolute Gasteiger partial charge is 0.409 e. The average molecular weight is 738 g/mol. The first-order valence-electron chi connectivity index (χ1n) is 16.7. The van der Waals surface area contributed by atoms with Crippen LogP contribution in [0.15, 0.2) is 102 Å². The lowest BCUT2D eigenvalue weighted by Crippen LogP contribution is -2.48. The first-order chi connectivity index (χ1) is 24.0. The molecule has 50 heavy (non-hydrogen) atoms. The van der Waals surface area contributed by atoms with Crippen LogP contribution in [-0.2, 0) is 14.8 Å². The van der Waals surface area contributed by atoms with Crippen LogP contribution in [0.2, 0.25) is 10.0 Å². The second kappa shape index (κ2) is 17.2. The quantitative estimate of drug-likeness (QED) is 0.106. The predicted molar refractivity (Wildman–Crippen MR) is 199 cm³/mol. The third-order valence-corrected chi connectivity index (χ3v) is 10.7. The van der Waals surface area contributed by atoms with E-state index in [0.29, 0.717) is 30.0 Å². The van der Waals surface area contributed by atoms with E-state index in [9.17, 15) is 18.0 Å². The number of rotatable bonds is 15. The topological polar surface area (TPSA) is 117 Å². The number of nitrogens with one attached hydrogen (secondary N) is 3. The average Bonchev–Trinajstić information content (AvgIpc) is 3.39. The van der Waals surface area contributed by atoms with Crippen molar-refractivity contribution in [2.75, 3.05) is 31.6 Å². The Hall–Kier alpha value is -4.09. The summed E-state index contributed by atoms with van der Waals surface area (Å²) in [5.74, 6) is 0.124. The lowest BCUT2D eigenvalue weighted by atomic mass is 9.98. The summed E-state index contributed by atoms with van der Waals surface area (Å²) in [7, 11) is -3.86. The van der Waals surface area contributed by atoms with Gasteiger partial charge >= 0.3 is 12.1 Å². The van der Waals surface area contributed by atoms with Gasteiger partial charge in [-0.15, -0.1) is 0 Å². The molecule has 1 atom stereocenters. The zero-order chi connectivity index (χ0) is 35.7. The highest BCUT2D eigenvalue weighted by Gasteiger charge is 2.30. The summed E-state index contributed by atoms with van der Waals surface area (Å²) in [6.45, 7) is 4.90. The molecule has 0 saturated heterocycles. The highest BCUT2D eigenvalue weighted by atomic mass is 35.5. The van der Waals surface area contributed by atoms with E-state index in [4.69, 9.17) is 27.9 Å². The molecule has 5 rings (SSSR count). The van der Waals surface area contributed by atoms with Crippen molar-refractivity contribution in [3.63, 3.8) is 0 Å². The number of carbonyl (C=O) groups excluding carboxylic acids is 2. The molecule has 0 bridgehead atoms. The molecule has 3 amide bonds. The molecule has 0 radical (unpaired) electrons. The zero-order valence-electron chi connectivity index (χ0n) is 28.1. The summed E-state index contributed by atoms with van der Waals surface area (Å²) in [6.07, 6.45) is 1.04. The number of hydrogen-bond acceptors (Lipinski definition) is 5. The van der Waals surface area contributed by atoms with Crippen molar-refractivity contribution in [1.82, 2.24) is 14.9 Å². The van der Waals surface area contributed by atoms with Crippen LogP contribution in [0.4, 0.5) is 15.3 Å². The number of urea groups is 1. The third kappa shape index (κ3) is 9.78. The number of carbonyl (C=O) groups is 2. The van der Waals surface area contributed by atoms with Crippen molar-refractivity contribution in [2.45, 2.75) is 50.0 Å². The fourth-order valence-corrected chi connectivity index (χ4v) is 8.08. The Morgan fingerprint density at radius 1 is 0.860 bits per heavy atom. The molecule has 0 saturated carbocycles. The Bertz CT molecular complexity index is 1850. The van der Waals surface area contributed by atoms with Crippen LogP contribution < -0.4 is 15.4 Å². The van der Waals surface area contributed by atoms with E-state index < -0.39 is 16.1 Å². The van der Waals surface area contributed by atoms with Crippen LogP contribution in [0, 0.1) is 5.92 Å². The van der Waals surface area contributed by atoms with Gasteiger partial charge in [0.1, 0.15) is 11.5 Å². The van der Waals surface area contributed by atoms with E-state index in [1.54, 1.807) is 17.0 Å². The number of benzene rings is 4. The largest absolute Gasteiger partial charge is 0.448 e. The molecule has 4 aromatic carbocycles. The molecule has 0 aromatic heterocycles. The predicted octanol–water partition coefficient (Wildman–Crippen LogP) is 8.54. The zero-order valence-corrected chi connectivity index (χ0v) is 30.4. The first kappa shape index (κ1) is 37.2. The van der Waals surface area contributed by atoms with Crippen molar-refractivity contribution in [3.8, 4) is 11.1 Å². The van der Waals surface area contributed by atoms with Crippen LogP contribution >= 0.6 is 23.2 Å². The highest BCUT2D eigenvalue weighted by molar-refractivity contribution is 7.89. The number of amides is 3. The van der Waals surface area contributed by atoms with Crippen molar-refractivity contribution >= 4 is 51.0 Å². The fourth-order valence-electron chi connectivity index (χ4n) is 6.24. The summed E-state index contributed by atoms with van der Waals surface area (Å²) in [4.78, 5) is 28.4. The second-order valence-electron chi connectivity index (χ2n) is 12.7. The van der Waals surface area contributed by atoms with E-state index in [2.05, 4.69) is 53.5 Å². The highest BCUT2D eigenvalue weighted by Crippen LogP contribution is 2.44. The maximum Gasteiger partial charge on any atom is 0.409 e. The Labute approximate surface area is 304 Å². The van der Waals surface area contributed by atoms with E-state index in [-0.39, 0.29) is 60.1 Å². The Kier molecular flexibility index (Phi) is 12.8. The summed E-state index contributed by atoms with van der Waals surface area (Å²) in [5.41, 5.74) is 5.14. The molecule has 0 aliphatic heterocycles. The van der Waals surface area contributed by atoms with Gasteiger partial charge in [0.05, 0.1) is 5.02 Å². The van der Waals surface area contributed by atoms with Gasteiger partial charge in [0.15, 0.2) is 0 Å². The van der Waals surface area contributed by atoms with Crippen molar-refractivity contribution in [2.24, 2.45) is 5.92 Å². The number of nitrogens with zero attached hydrogens (tertiary/aromatic N) is 1. The van der Waals surface area contributed by atoms with Crippen LogP contribution in [0.25, 0.3) is 11.1 Å². The SMILES string of the molecule is CC(C)C[C@@H](CN(CCCCNS(=O)(=O)c1ccc(Cl)cc1Cl)C(=O)OCC1c2ccccc2-c2ccccc21)NC(=O)Nc1ccccc1. The van der Waals surface area contributed by atoms with Gasteiger partial charge < -0.3 is 20.3 Å². The minimum absolute atomic E-state index is 0.0337. The monoisotopic (exact) mass is 736 g/mol.